The van der Waals surface area contributed by atoms with Gasteiger partial charge >= 0.3 is 0 Å². The Kier molecular flexibility index (Phi) is 4.04. The molecule has 96 valence electrons. The van der Waals surface area contributed by atoms with Crippen LogP contribution in [0.4, 0.5) is 11.5 Å². The summed E-state index contributed by atoms with van der Waals surface area (Å²) in [6, 6.07) is 9.98. The highest BCUT2D eigenvalue weighted by Crippen LogP contribution is 2.12. The van der Waals surface area contributed by atoms with Crippen LogP contribution >= 0.6 is 11.6 Å². The number of hydrogen-bond acceptors (Lipinski definition) is 5. The van der Waals surface area contributed by atoms with Gasteiger partial charge in [-0.3, -0.25) is 15.5 Å². The number of hydrogen-bond donors (Lipinski definition) is 1. The summed E-state index contributed by atoms with van der Waals surface area (Å²) in [6.07, 6.45) is 2.76. The van der Waals surface area contributed by atoms with Crippen molar-refractivity contribution < 1.29 is 4.92 Å². The SMILES string of the molecule is O=[N+]([O-])c1ccc(N/N=C\c2ccc(Cl)cc2)nc1. The summed E-state index contributed by atoms with van der Waals surface area (Å²) in [5.74, 6) is 0.427. The van der Waals surface area contributed by atoms with Crippen molar-refractivity contribution in [2.45, 2.75) is 0 Å². The second-order valence-electron chi connectivity index (χ2n) is 3.58. The molecule has 1 heterocycles. The third-order valence-electron chi connectivity index (χ3n) is 2.22. The van der Waals surface area contributed by atoms with Crippen molar-refractivity contribution >= 4 is 29.3 Å². The molecule has 0 bridgehead atoms. The monoisotopic (exact) mass is 276 g/mol. The van der Waals surface area contributed by atoms with E-state index in [1.165, 1.54) is 18.3 Å². The first-order chi connectivity index (χ1) is 9.15. The fourth-order valence-electron chi connectivity index (χ4n) is 1.28. The molecule has 0 aliphatic heterocycles. The third-order valence-corrected chi connectivity index (χ3v) is 2.47. The summed E-state index contributed by atoms with van der Waals surface area (Å²) in [5.41, 5.74) is 3.49. The number of hydrazone groups is 1. The van der Waals surface area contributed by atoms with Gasteiger partial charge in [-0.2, -0.15) is 5.10 Å². The van der Waals surface area contributed by atoms with Gasteiger partial charge in [0.05, 0.1) is 11.1 Å². The minimum atomic E-state index is -0.506. The Morgan fingerprint density at radius 3 is 2.58 bits per heavy atom. The summed E-state index contributed by atoms with van der Waals surface area (Å²) in [7, 11) is 0. The number of halogens is 1. The summed E-state index contributed by atoms with van der Waals surface area (Å²) < 4.78 is 0. The molecule has 1 N–H and O–H groups in total. The zero-order valence-electron chi connectivity index (χ0n) is 9.65. The lowest BCUT2D eigenvalue weighted by atomic mass is 10.2. The smallest absolute Gasteiger partial charge is 0.261 e. The van der Waals surface area contributed by atoms with Crippen LogP contribution in [0.2, 0.25) is 5.02 Å². The second kappa shape index (κ2) is 5.92. The molecule has 2 aromatic rings. The lowest BCUT2D eigenvalue weighted by molar-refractivity contribution is -0.385. The molecule has 0 fully saturated rings. The molecule has 2 rings (SSSR count). The zero-order chi connectivity index (χ0) is 13.7. The lowest BCUT2D eigenvalue weighted by Gasteiger charge is -1.98. The highest BCUT2D eigenvalue weighted by atomic mass is 35.5. The molecule has 19 heavy (non-hydrogen) atoms. The molecule has 1 aromatic heterocycles. The molecular weight excluding hydrogens is 268 g/mol. The van der Waals surface area contributed by atoms with Crippen LogP contribution in [0.3, 0.4) is 0 Å². The standard InChI is InChI=1S/C12H9ClN4O2/c13-10-3-1-9(2-4-10)7-15-16-12-6-5-11(8-14-12)17(18)19/h1-8H,(H,14,16)/b15-7-. The number of nitrogens with zero attached hydrogens (tertiary/aromatic N) is 3. The largest absolute Gasteiger partial charge is 0.287 e. The van der Waals surface area contributed by atoms with E-state index < -0.39 is 4.92 Å². The van der Waals surface area contributed by atoms with E-state index in [1.54, 1.807) is 18.3 Å². The van der Waals surface area contributed by atoms with E-state index in [0.29, 0.717) is 10.8 Å². The molecule has 1 aromatic carbocycles. The van der Waals surface area contributed by atoms with Gasteiger partial charge in [-0.25, -0.2) is 4.98 Å². The Hall–Kier alpha value is -2.47. The van der Waals surface area contributed by atoms with Crippen LogP contribution in [0.5, 0.6) is 0 Å². The van der Waals surface area contributed by atoms with Gasteiger partial charge in [-0.05, 0) is 23.8 Å². The Morgan fingerprint density at radius 2 is 2.00 bits per heavy atom. The molecule has 0 saturated heterocycles. The second-order valence-corrected chi connectivity index (χ2v) is 4.02. The van der Waals surface area contributed by atoms with Gasteiger partial charge < -0.3 is 0 Å². The molecule has 0 radical (unpaired) electrons. The van der Waals surface area contributed by atoms with Crippen LogP contribution in [0.15, 0.2) is 47.7 Å². The van der Waals surface area contributed by atoms with Gasteiger partial charge in [-0.15, -0.1) is 0 Å². The molecule has 6 nitrogen and oxygen atoms in total. The molecule has 7 heteroatoms. The van der Waals surface area contributed by atoms with Crippen molar-refractivity contribution in [3.05, 3.63) is 63.3 Å². The van der Waals surface area contributed by atoms with Crippen molar-refractivity contribution in [2.75, 3.05) is 5.43 Å². The van der Waals surface area contributed by atoms with E-state index in [0.717, 1.165) is 5.56 Å². The zero-order valence-corrected chi connectivity index (χ0v) is 10.4. The van der Waals surface area contributed by atoms with Crippen LogP contribution in [-0.2, 0) is 0 Å². The van der Waals surface area contributed by atoms with Gasteiger partial charge in [0.2, 0.25) is 0 Å². The topological polar surface area (TPSA) is 80.4 Å². The molecule has 0 aliphatic rings. The van der Waals surface area contributed by atoms with Crippen LogP contribution in [-0.4, -0.2) is 16.1 Å². The maximum atomic E-state index is 10.4. The van der Waals surface area contributed by atoms with Crippen molar-refractivity contribution in [2.24, 2.45) is 5.10 Å². The molecule has 0 spiro atoms. The van der Waals surface area contributed by atoms with Gasteiger partial charge in [-0.1, -0.05) is 23.7 Å². The van der Waals surface area contributed by atoms with Crippen LogP contribution in [0, 0.1) is 10.1 Å². The Labute approximate surface area is 113 Å². The van der Waals surface area contributed by atoms with Crippen molar-refractivity contribution in [3.63, 3.8) is 0 Å². The Bertz CT molecular complexity index is 596. The number of benzene rings is 1. The van der Waals surface area contributed by atoms with Gasteiger partial charge in [0.15, 0.2) is 0 Å². The molecule has 0 saturated carbocycles. The Balaban J connectivity index is 1.98. The molecular formula is C12H9ClN4O2. The van der Waals surface area contributed by atoms with Crippen LogP contribution < -0.4 is 5.43 Å². The van der Waals surface area contributed by atoms with E-state index >= 15 is 0 Å². The summed E-state index contributed by atoms with van der Waals surface area (Å²) >= 11 is 5.76. The van der Waals surface area contributed by atoms with Crippen molar-refractivity contribution in [1.29, 1.82) is 0 Å². The first-order valence-electron chi connectivity index (χ1n) is 5.30. The van der Waals surface area contributed by atoms with Gasteiger partial charge in [0.1, 0.15) is 12.0 Å². The maximum absolute atomic E-state index is 10.4. The fraction of sp³-hybridized carbons (Fsp3) is 0. The highest BCUT2D eigenvalue weighted by Gasteiger charge is 2.04. The average Bonchev–Trinajstić information content (AvgIpc) is 2.41. The first-order valence-corrected chi connectivity index (χ1v) is 5.68. The summed E-state index contributed by atoms with van der Waals surface area (Å²) in [4.78, 5) is 13.8. The average molecular weight is 277 g/mol. The third kappa shape index (κ3) is 3.75. The first kappa shape index (κ1) is 13.0. The van der Waals surface area contributed by atoms with E-state index in [9.17, 15) is 10.1 Å². The predicted molar refractivity (Wildman–Crippen MR) is 73.6 cm³/mol. The summed E-state index contributed by atoms with van der Waals surface area (Å²) in [6.45, 7) is 0. The normalized spacial score (nSPS) is 10.6. The van der Waals surface area contributed by atoms with Gasteiger partial charge in [0.25, 0.3) is 5.69 Å². The number of nitro groups is 1. The number of aromatic nitrogens is 1. The fourth-order valence-corrected chi connectivity index (χ4v) is 1.41. The molecule has 0 unspecified atom stereocenters. The van der Waals surface area contributed by atoms with Crippen LogP contribution in [0.1, 0.15) is 5.56 Å². The molecule has 0 aliphatic carbocycles. The number of nitrogens with one attached hydrogen (secondary N) is 1. The number of pyridine rings is 1. The summed E-state index contributed by atoms with van der Waals surface area (Å²) in [5, 5.41) is 15.1. The Morgan fingerprint density at radius 1 is 1.26 bits per heavy atom. The van der Waals surface area contributed by atoms with E-state index in [1.807, 2.05) is 12.1 Å². The maximum Gasteiger partial charge on any atom is 0.287 e. The van der Waals surface area contributed by atoms with Crippen LogP contribution in [0.25, 0.3) is 0 Å². The predicted octanol–water partition coefficient (Wildman–Crippen LogP) is 3.09. The molecule has 0 atom stereocenters. The number of anilines is 1. The minimum Gasteiger partial charge on any atom is -0.261 e. The quantitative estimate of drug-likeness (QED) is 0.528. The lowest BCUT2D eigenvalue weighted by Crippen LogP contribution is -1.95. The number of rotatable bonds is 4. The van der Waals surface area contributed by atoms with Crippen molar-refractivity contribution in [3.8, 4) is 0 Å². The highest BCUT2D eigenvalue weighted by molar-refractivity contribution is 6.30. The van der Waals surface area contributed by atoms with Crippen molar-refractivity contribution in [1.82, 2.24) is 4.98 Å². The molecule has 0 amide bonds. The van der Waals surface area contributed by atoms with E-state index in [2.05, 4.69) is 15.5 Å². The van der Waals surface area contributed by atoms with Gasteiger partial charge in [0, 0.05) is 11.1 Å². The minimum absolute atomic E-state index is 0.0627. The van der Waals surface area contributed by atoms with E-state index in [4.69, 9.17) is 11.6 Å². The van der Waals surface area contributed by atoms with E-state index in [-0.39, 0.29) is 5.69 Å².